The van der Waals surface area contributed by atoms with Gasteiger partial charge in [-0.25, -0.2) is 9.18 Å². The molecule has 7 heteroatoms. The zero-order chi connectivity index (χ0) is 17.4. The number of anilines is 1. The van der Waals surface area contributed by atoms with Crippen molar-refractivity contribution < 1.29 is 28.2 Å². The second kappa shape index (κ2) is 8.42. The van der Waals surface area contributed by atoms with Crippen LogP contribution < -0.4 is 10.1 Å². The van der Waals surface area contributed by atoms with E-state index in [1.165, 1.54) is 36.4 Å². The van der Waals surface area contributed by atoms with Gasteiger partial charge in [-0.3, -0.25) is 9.59 Å². The van der Waals surface area contributed by atoms with E-state index in [1.54, 1.807) is 12.1 Å². The van der Waals surface area contributed by atoms with Crippen LogP contribution in [0.2, 0.25) is 0 Å². The van der Waals surface area contributed by atoms with E-state index in [0.717, 1.165) is 0 Å². The van der Waals surface area contributed by atoms with Gasteiger partial charge in [0, 0.05) is 11.3 Å². The van der Waals surface area contributed by atoms with Gasteiger partial charge in [0.05, 0.1) is 0 Å². The first-order valence-electron chi connectivity index (χ1n) is 6.96. The number of halogens is 1. The minimum Gasteiger partial charge on any atom is -0.482 e. The maximum atomic E-state index is 12.7. The number of hydrogen-bond acceptors (Lipinski definition) is 5. The molecule has 124 valence electrons. The minimum absolute atomic E-state index is 0.371. The SMILES string of the molecule is O=Cc1ccc(OCC(=O)OCC(=O)Nc2ccc(F)cc2)cc1. The Hall–Kier alpha value is -3.22. The van der Waals surface area contributed by atoms with Crippen molar-refractivity contribution in [2.24, 2.45) is 0 Å². The van der Waals surface area contributed by atoms with Crippen molar-refractivity contribution in [1.29, 1.82) is 0 Å². The van der Waals surface area contributed by atoms with Crippen LogP contribution in [0.3, 0.4) is 0 Å². The van der Waals surface area contributed by atoms with Gasteiger partial charge in [0.15, 0.2) is 13.2 Å². The number of hydrogen-bond donors (Lipinski definition) is 1. The van der Waals surface area contributed by atoms with E-state index in [9.17, 15) is 18.8 Å². The molecular formula is C17H14FNO5. The van der Waals surface area contributed by atoms with Crippen LogP contribution in [0.5, 0.6) is 5.75 Å². The van der Waals surface area contributed by atoms with Crippen LogP contribution in [0, 0.1) is 5.82 Å². The van der Waals surface area contributed by atoms with Crippen LogP contribution in [0.4, 0.5) is 10.1 Å². The smallest absolute Gasteiger partial charge is 0.344 e. The van der Waals surface area contributed by atoms with Gasteiger partial charge < -0.3 is 14.8 Å². The average molecular weight is 331 g/mol. The van der Waals surface area contributed by atoms with Gasteiger partial charge in [0.2, 0.25) is 0 Å². The molecule has 0 aliphatic rings. The lowest BCUT2D eigenvalue weighted by molar-refractivity contribution is -0.149. The largest absolute Gasteiger partial charge is 0.482 e. The van der Waals surface area contributed by atoms with Crippen molar-refractivity contribution in [3.05, 3.63) is 59.9 Å². The number of rotatable bonds is 7. The maximum Gasteiger partial charge on any atom is 0.344 e. The molecule has 2 aromatic carbocycles. The third-order valence-electron chi connectivity index (χ3n) is 2.87. The summed E-state index contributed by atoms with van der Waals surface area (Å²) in [5.74, 6) is -1.29. The highest BCUT2D eigenvalue weighted by atomic mass is 19.1. The molecule has 2 rings (SSSR count). The Kier molecular flexibility index (Phi) is 6.01. The van der Waals surface area contributed by atoms with Gasteiger partial charge in [-0.1, -0.05) is 0 Å². The molecule has 0 saturated heterocycles. The van der Waals surface area contributed by atoms with Crippen LogP contribution in [-0.2, 0) is 14.3 Å². The molecule has 0 unspecified atom stereocenters. The Morgan fingerprint density at radius 2 is 1.67 bits per heavy atom. The van der Waals surface area contributed by atoms with Gasteiger partial charge in [0.1, 0.15) is 17.9 Å². The fourth-order valence-electron chi connectivity index (χ4n) is 1.70. The van der Waals surface area contributed by atoms with Crippen molar-refractivity contribution in [3.63, 3.8) is 0 Å². The highest BCUT2D eigenvalue weighted by Crippen LogP contribution is 2.11. The van der Waals surface area contributed by atoms with E-state index in [-0.39, 0.29) is 6.61 Å². The third kappa shape index (κ3) is 5.53. The predicted molar refractivity (Wildman–Crippen MR) is 83.3 cm³/mol. The number of carbonyl (C=O) groups is 3. The summed E-state index contributed by atoms with van der Waals surface area (Å²) in [5.41, 5.74) is 0.881. The number of nitrogens with one attached hydrogen (secondary N) is 1. The first-order valence-corrected chi connectivity index (χ1v) is 6.96. The maximum absolute atomic E-state index is 12.7. The third-order valence-corrected chi connectivity index (χ3v) is 2.87. The topological polar surface area (TPSA) is 81.7 Å². The molecule has 0 radical (unpaired) electrons. The van der Waals surface area contributed by atoms with Gasteiger partial charge in [-0.15, -0.1) is 0 Å². The van der Waals surface area contributed by atoms with Gasteiger partial charge in [-0.05, 0) is 48.5 Å². The molecule has 1 N–H and O–H groups in total. The van der Waals surface area contributed by atoms with Crippen molar-refractivity contribution >= 4 is 23.9 Å². The first kappa shape index (κ1) is 17.1. The predicted octanol–water partition coefficient (Wildman–Crippen LogP) is 2.20. The number of aldehydes is 1. The summed E-state index contributed by atoms with van der Waals surface area (Å²) in [5, 5.41) is 2.45. The van der Waals surface area contributed by atoms with Crippen molar-refractivity contribution in [2.45, 2.75) is 0 Å². The van der Waals surface area contributed by atoms with E-state index < -0.39 is 24.3 Å². The van der Waals surface area contributed by atoms with Crippen LogP contribution in [0.1, 0.15) is 10.4 Å². The lowest BCUT2D eigenvalue weighted by Gasteiger charge is -2.08. The molecule has 24 heavy (non-hydrogen) atoms. The second-order valence-electron chi connectivity index (χ2n) is 4.69. The molecular weight excluding hydrogens is 317 g/mol. The molecule has 0 atom stereocenters. The highest BCUT2D eigenvalue weighted by molar-refractivity contribution is 5.92. The van der Waals surface area contributed by atoms with E-state index in [1.807, 2.05) is 0 Å². The number of ether oxygens (including phenoxy) is 2. The molecule has 1 amide bonds. The Morgan fingerprint density at radius 3 is 2.29 bits per heavy atom. The highest BCUT2D eigenvalue weighted by Gasteiger charge is 2.09. The normalized spacial score (nSPS) is 9.88. The van der Waals surface area contributed by atoms with Crippen LogP contribution in [-0.4, -0.2) is 31.4 Å². The summed E-state index contributed by atoms with van der Waals surface area (Å²) in [6, 6.07) is 11.4. The summed E-state index contributed by atoms with van der Waals surface area (Å²) in [7, 11) is 0. The van der Waals surface area contributed by atoms with Crippen molar-refractivity contribution in [1.82, 2.24) is 0 Å². The summed E-state index contributed by atoms with van der Waals surface area (Å²) in [6.45, 7) is -0.853. The van der Waals surface area contributed by atoms with Gasteiger partial charge >= 0.3 is 5.97 Å². The molecule has 6 nitrogen and oxygen atoms in total. The lowest BCUT2D eigenvalue weighted by atomic mass is 10.2. The van der Waals surface area contributed by atoms with Crippen LogP contribution in [0.25, 0.3) is 0 Å². The second-order valence-corrected chi connectivity index (χ2v) is 4.69. The summed E-state index contributed by atoms with van der Waals surface area (Å²) in [6.07, 6.45) is 0.692. The van der Waals surface area contributed by atoms with E-state index in [0.29, 0.717) is 23.3 Å². The zero-order valence-electron chi connectivity index (χ0n) is 12.5. The van der Waals surface area contributed by atoms with E-state index in [2.05, 4.69) is 5.32 Å². The number of carbonyl (C=O) groups excluding carboxylic acids is 3. The quantitative estimate of drug-likeness (QED) is 0.621. The minimum atomic E-state index is -0.719. The summed E-state index contributed by atoms with van der Waals surface area (Å²) >= 11 is 0. The number of esters is 1. The molecule has 0 fully saturated rings. The molecule has 0 aliphatic heterocycles. The fourth-order valence-corrected chi connectivity index (χ4v) is 1.70. The van der Waals surface area contributed by atoms with E-state index >= 15 is 0 Å². The first-order chi connectivity index (χ1) is 11.6. The average Bonchev–Trinajstić information content (AvgIpc) is 2.60. The van der Waals surface area contributed by atoms with Crippen LogP contribution in [0.15, 0.2) is 48.5 Å². The van der Waals surface area contributed by atoms with Gasteiger partial charge in [-0.2, -0.15) is 0 Å². The molecule has 0 bridgehead atoms. The Labute approximate surface area is 137 Å². The molecule has 2 aromatic rings. The van der Waals surface area contributed by atoms with Gasteiger partial charge in [0.25, 0.3) is 5.91 Å². The molecule has 0 saturated carbocycles. The van der Waals surface area contributed by atoms with E-state index in [4.69, 9.17) is 9.47 Å². The fraction of sp³-hybridized carbons (Fsp3) is 0.118. The molecule has 0 heterocycles. The Morgan fingerprint density at radius 1 is 1.00 bits per heavy atom. The molecule has 0 aliphatic carbocycles. The Bertz CT molecular complexity index is 713. The van der Waals surface area contributed by atoms with Crippen LogP contribution >= 0.6 is 0 Å². The molecule has 0 spiro atoms. The number of amides is 1. The standard InChI is InChI=1S/C17H14FNO5/c18-13-3-5-14(6-4-13)19-16(21)10-24-17(22)11-23-15-7-1-12(9-20)2-8-15/h1-9H,10-11H2,(H,19,21). The molecule has 0 aromatic heterocycles. The summed E-state index contributed by atoms with van der Waals surface area (Å²) in [4.78, 5) is 33.6. The summed E-state index contributed by atoms with van der Waals surface area (Å²) < 4.78 is 22.7. The number of benzene rings is 2. The Balaban J connectivity index is 1.70. The lowest BCUT2D eigenvalue weighted by Crippen LogP contribution is -2.23. The van der Waals surface area contributed by atoms with Crippen molar-refractivity contribution in [3.8, 4) is 5.75 Å². The zero-order valence-corrected chi connectivity index (χ0v) is 12.5. The monoisotopic (exact) mass is 331 g/mol. The van der Waals surface area contributed by atoms with Crippen molar-refractivity contribution in [2.75, 3.05) is 18.5 Å².